The van der Waals surface area contributed by atoms with Gasteiger partial charge in [0.05, 0.1) is 31.5 Å². The summed E-state index contributed by atoms with van der Waals surface area (Å²) in [5.74, 6) is -1.46. The Bertz CT molecular complexity index is 1120. The number of esters is 2. The van der Waals surface area contributed by atoms with Crippen LogP contribution >= 0.6 is 0 Å². The van der Waals surface area contributed by atoms with Crippen LogP contribution < -0.4 is 9.80 Å². The van der Waals surface area contributed by atoms with Gasteiger partial charge in [-0.25, -0.2) is 14.4 Å². The largest absolute Gasteiger partial charge is 0.465 e. The Morgan fingerprint density at radius 3 is 2.43 bits per heavy atom. The number of rotatable bonds is 5. The molecule has 4 rings (SSSR count). The van der Waals surface area contributed by atoms with Crippen molar-refractivity contribution in [2.45, 2.75) is 18.5 Å². The van der Waals surface area contributed by atoms with Gasteiger partial charge >= 0.3 is 24.2 Å². The smallest absolute Gasteiger partial charge is 0.417 e. The third kappa shape index (κ3) is 5.32. The summed E-state index contributed by atoms with van der Waals surface area (Å²) in [7, 11) is 1.21. The van der Waals surface area contributed by atoms with E-state index in [1.165, 1.54) is 60.5 Å². The minimum atomic E-state index is -4.49. The van der Waals surface area contributed by atoms with Gasteiger partial charge < -0.3 is 23.8 Å². The Morgan fingerprint density at radius 1 is 1.03 bits per heavy atom. The number of methoxy groups -OCH3 is 1. The molecule has 0 spiro atoms. The molecule has 1 unspecified atom stereocenters. The first-order valence-corrected chi connectivity index (χ1v) is 10.6. The van der Waals surface area contributed by atoms with Crippen molar-refractivity contribution in [2.24, 2.45) is 0 Å². The monoisotopic (exact) mass is 494 g/mol. The van der Waals surface area contributed by atoms with Gasteiger partial charge in [0.15, 0.2) is 0 Å². The van der Waals surface area contributed by atoms with Gasteiger partial charge in [0, 0.05) is 17.9 Å². The van der Waals surface area contributed by atoms with Crippen LogP contribution in [-0.2, 0) is 18.9 Å². The highest BCUT2D eigenvalue weighted by atomic mass is 19.4. The second kappa shape index (κ2) is 9.82. The lowest BCUT2D eigenvalue weighted by Gasteiger charge is -2.38. The number of carbonyl (C=O) groups excluding carboxylic acids is 3. The SMILES string of the molecule is COC(=O)c1cccc(C(=O)O[C@@H]2CN(c3cccc(N4CCOCC4C(F)(F)F)c3)C(=O)O2)c1. The van der Waals surface area contributed by atoms with E-state index in [2.05, 4.69) is 4.74 Å². The standard InChI is InChI=1S/C23H21F3N2O7/c1-32-20(29)14-4-2-5-15(10-14)21(30)34-19-12-28(22(31)35-19)17-7-3-6-16(11-17)27-8-9-33-13-18(27)23(24,25)26/h2-7,10-11,18-19H,8-9,12-13H2,1H3/t18?,19-/m0/s1. The maximum Gasteiger partial charge on any atom is 0.417 e. The summed E-state index contributed by atoms with van der Waals surface area (Å²) in [4.78, 5) is 38.9. The lowest BCUT2D eigenvalue weighted by molar-refractivity contribution is -0.167. The molecule has 0 saturated carbocycles. The Hall–Kier alpha value is -3.80. The molecule has 2 aliphatic rings. The second-order valence-electron chi connectivity index (χ2n) is 7.75. The number of halogens is 3. The number of cyclic esters (lactones) is 1. The minimum Gasteiger partial charge on any atom is -0.465 e. The molecule has 12 heteroatoms. The summed E-state index contributed by atoms with van der Waals surface area (Å²) >= 11 is 0. The van der Waals surface area contributed by atoms with Crippen LogP contribution in [0.4, 0.5) is 29.3 Å². The van der Waals surface area contributed by atoms with Crippen LogP contribution in [-0.4, -0.2) is 70.0 Å². The van der Waals surface area contributed by atoms with E-state index in [9.17, 15) is 27.6 Å². The Labute approximate surface area is 197 Å². The van der Waals surface area contributed by atoms with E-state index in [0.717, 1.165) is 4.90 Å². The molecule has 35 heavy (non-hydrogen) atoms. The van der Waals surface area contributed by atoms with Gasteiger partial charge in [0.25, 0.3) is 6.29 Å². The molecule has 0 N–H and O–H groups in total. The van der Waals surface area contributed by atoms with Gasteiger partial charge in [-0.05, 0) is 36.4 Å². The number of ether oxygens (including phenoxy) is 4. The zero-order valence-electron chi connectivity index (χ0n) is 18.5. The maximum absolute atomic E-state index is 13.5. The van der Waals surface area contributed by atoms with Gasteiger partial charge in [-0.2, -0.15) is 13.2 Å². The van der Waals surface area contributed by atoms with Crippen molar-refractivity contribution in [1.29, 1.82) is 0 Å². The number of benzene rings is 2. The molecule has 2 heterocycles. The number of carbonyl (C=O) groups is 3. The zero-order valence-corrected chi connectivity index (χ0v) is 18.5. The molecule has 2 aromatic rings. The topological polar surface area (TPSA) is 94.6 Å². The molecule has 0 aliphatic carbocycles. The summed E-state index contributed by atoms with van der Waals surface area (Å²) in [6, 6.07) is 9.85. The summed E-state index contributed by atoms with van der Waals surface area (Å²) in [5.41, 5.74) is 0.742. The normalized spacial score (nSPS) is 20.4. The summed E-state index contributed by atoms with van der Waals surface area (Å²) in [6.07, 6.45) is -6.57. The van der Waals surface area contributed by atoms with Gasteiger partial charge in [-0.1, -0.05) is 12.1 Å². The zero-order chi connectivity index (χ0) is 25.2. The minimum absolute atomic E-state index is 0.0307. The van der Waals surface area contributed by atoms with Crippen molar-refractivity contribution in [2.75, 3.05) is 43.2 Å². The third-order valence-electron chi connectivity index (χ3n) is 5.52. The highest BCUT2D eigenvalue weighted by Crippen LogP contribution is 2.33. The fourth-order valence-corrected chi connectivity index (χ4v) is 3.81. The van der Waals surface area contributed by atoms with E-state index in [-0.39, 0.29) is 42.2 Å². The molecule has 2 atom stereocenters. The van der Waals surface area contributed by atoms with Crippen LogP contribution in [0.1, 0.15) is 20.7 Å². The number of amides is 1. The third-order valence-corrected chi connectivity index (χ3v) is 5.52. The molecule has 9 nitrogen and oxygen atoms in total. The van der Waals surface area contributed by atoms with Gasteiger partial charge in [0.2, 0.25) is 0 Å². The average molecular weight is 494 g/mol. The van der Waals surface area contributed by atoms with E-state index in [4.69, 9.17) is 14.2 Å². The molecule has 1 amide bonds. The van der Waals surface area contributed by atoms with Crippen LogP contribution in [0.2, 0.25) is 0 Å². The van der Waals surface area contributed by atoms with E-state index >= 15 is 0 Å². The predicted octanol–water partition coefficient (Wildman–Crippen LogP) is 3.38. The van der Waals surface area contributed by atoms with Crippen molar-refractivity contribution in [3.05, 3.63) is 59.7 Å². The molecule has 0 radical (unpaired) electrons. The van der Waals surface area contributed by atoms with Gasteiger partial charge in [-0.15, -0.1) is 0 Å². The first-order valence-electron chi connectivity index (χ1n) is 10.6. The fourth-order valence-electron chi connectivity index (χ4n) is 3.81. The first kappa shape index (κ1) is 24.3. The molecule has 0 bridgehead atoms. The van der Waals surface area contributed by atoms with Crippen molar-refractivity contribution in [3.63, 3.8) is 0 Å². The highest BCUT2D eigenvalue weighted by molar-refractivity contribution is 5.96. The van der Waals surface area contributed by atoms with E-state index in [1.54, 1.807) is 0 Å². The van der Waals surface area contributed by atoms with Crippen LogP contribution in [0.15, 0.2) is 48.5 Å². The fraction of sp³-hybridized carbons (Fsp3) is 0.348. The van der Waals surface area contributed by atoms with Gasteiger partial charge in [-0.3, -0.25) is 4.90 Å². The van der Waals surface area contributed by atoms with E-state index < -0.39 is 43.1 Å². The molecular formula is C23H21F3N2O7. The number of hydrogen-bond donors (Lipinski definition) is 0. The maximum atomic E-state index is 13.5. The molecule has 2 fully saturated rings. The van der Waals surface area contributed by atoms with E-state index in [0.29, 0.717) is 0 Å². The lowest BCUT2D eigenvalue weighted by atomic mass is 10.1. The molecule has 0 aromatic heterocycles. The van der Waals surface area contributed by atoms with E-state index in [1.807, 2.05) is 0 Å². The Morgan fingerprint density at radius 2 is 1.71 bits per heavy atom. The van der Waals surface area contributed by atoms with Crippen molar-refractivity contribution in [1.82, 2.24) is 0 Å². The predicted molar refractivity (Wildman–Crippen MR) is 115 cm³/mol. The number of alkyl halides is 3. The number of hydrogen-bond acceptors (Lipinski definition) is 8. The first-order chi connectivity index (χ1) is 16.7. The Kier molecular flexibility index (Phi) is 6.83. The second-order valence-corrected chi connectivity index (χ2v) is 7.75. The van der Waals surface area contributed by atoms with Crippen LogP contribution in [0.5, 0.6) is 0 Å². The Balaban J connectivity index is 1.47. The number of nitrogens with zero attached hydrogens (tertiary/aromatic N) is 2. The quantitative estimate of drug-likeness (QED) is 0.584. The molecule has 2 aliphatic heterocycles. The number of morpholine rings is 1. The average Bonchev–Trinajstić information content (AvgIpc) is 3.22. The molecular weight excluding hydrogens is 473 g/mol. The summed E-state index contributed by atoms with van der Waals surface area (Å²) in [5, 5.41) is 0. The van der Waals surface area contributed by atoms with Crippen LogP contribution in [0.25, 0.3) is 0 Å². The lowest BCUT2D eigenvalue weighted by Crippen LogP contribution is -2.53. The van der Waals surface area contributed by atoms with Gasteiger partial charge in [0.1, 0.15) is 12.6 Å². The van der Waals surface area contributed by atoms with Crippen molar-refractivity contribution in [3.8, 4) is 0 Å². The van der Waals surface area contributed by atoms with Crippen molar-refractivity contribution < 1.29 is 46.5 Å². The molecule has 186 valence electrons. The van der Waals surface area contributed by atoms with Crippen LogP contribution in [0.3, 0.4) is 0 Å². The highest BCUT2D eigenvalue weighted by Gasteiger charge is 2.45. The number of anilines is 2. The van der Waals surface area contributed by atoms with Crippen molar-refractivity contribution >= 4 is 29.4 Å². The van der Waals surface area contributed by atoms with Crippen LogP contribution in [0, 0.1) is 0 Å². The summed E-state index contributed by atoms with van der Waals surface area (Å²) in [6.45, 7) is -0.494. The molecule has 2 aromatic carbocycles. The summed E-state index contributed by atoms with van der Waals surface area (Å²) < 4.78 is 60.4. The molecule has 2 saturated heterocycles.